The van der Waals surface area contributed by atoms with Crippen LogP contribution in [-0.4, -0.2) is 45.8 Å². The van der Waals surface area contributed by atoms with Gasteiger partial charge in [0.25, 0.3) is 6.26 Å². The molecule has 0 unspecified atom stereocenters. The van der Waals surface area contributed by atoms with E-state index in [4.69, 9.17) is 16.9 Å². The molecule has 0 saturated carbocycles. The third-order valence-corrected chi connectivity index (χ3v) is 4.73. The molecule has 1 aromatic carbocycles. The molecule has 1 atom stereocenters. The molecule has 2 aromatic rings. The number of nitriles is 1. The van der Waals surface area contributed by atoms with Crippen molar-refractivity contribution in [2.45, 2.75) is 19.9 Å². The van der Waals surface area contributed by atoms with Crippen LogP contribution in [0.25, 0.3) is 0 Å². The first kappa shape index (κ1) is 19.6. The summed E-state index contributed by atoms with van der Waals surface area (Å²) in [5.41, 5.74) is 0.454. The Morgan fingerprint density at radius 1 is 1.39 bits per heavy atom. The molecule has 3 rings (SSSR count). The van der Waals surface area contributed by atoms with E-state index in [-0.39, 0.29) is 42.0 Å². The third-order valence-electron chi connectivity index (χ3n) is 4.50. The Hall–Kier alpha value is -3.18. The lowest BCUT2D eigenvalue weighted by molar-refractivity contribution is 0.0926. The molecule has 1 saturated heterocycles. The Labute approximate surface area is 167 Å². The molecule has 0 spiro atoms. The fraction of sp³-hybridized carbons (Fsp3) is 0.316. The second-order valence-electron chi connectivity index (χ2n) is 6.68. The molecule has 0 bridgehead atoms. The topological polar surface area (TPSA) is 99.4 Å². The van der Waals surface area contributed by atoms with Gasteiger partial charge in [0.05, 0.1) is 31.5 Å². The molecule has 0 N–H and O–H groups in total. The van der Waals surface area contributed by atoms with Crippen molar-refractivity contribution in [2.75, 3.05) is 18.0 Å². The zero-order chi connectivity index (χ0) is 20.3. The van der Waals surface area contributed by atoms with Crippen molar-refractivity contribution in [3.8, 4) is 12.0 Å². The molecule has 1 aliphatic heterocycles. The molecule has 0 radical (unpaired) electrons. The second-order valence-corrected chi connectivity index (χ2v) is 7.11. The van der Waals surface area contributed by atoms with Gasteiger partial charge in [0.2, 0.25) is 5.95 Å². The van der Waals surface area contributed by atoms with Crippen molar-refractivity contribution < 1.29 is 14.3 Å². The van der Waals surface area contributed by atoms with Crippen LogP contribution in [-0.2, 0) is 0 Å². The van der Waals surface area contributed by atoms with Gasteiger partial charge in [-0.2, -0.15) is 0 Å². The minimum atomic E-state index is -0.344. The van der Waals surface area contributed by atoms with E-state index in [1.807, 2.05) is 13.8 Å². The number of ketones is 1. The summed E-state index contributed by atoms with van der Waals surface area (Å²) in [5, 5.41) is 9.00. The summed E-state index contributed by atoms with van der Waals surface area (Å²) in [7, 11) is 0. The van der Waals surface area contributed by atoms with Crippen LogP contribution >= 0.6 is 11.6 Å². The van der Waals surface area contributed by atoms with E-state index < -0.39 is 0 Å². The molecule has 0 aliphatic carbocycles. The summed E-state index contributed by atoms with van der Waals surface area (Å²) < 4.78 is 4.65. The molecule has 28 heavy (non-hydrogen) atoms. The summed E-state index contributed by atoms with van der Waals surface area (Å²) in [6.07, 6.45) is 4.18. The number of ether oxygens (including phenoxy) is 1. The Kier molecular flexibility index (Phi) is 5.76. The number of nitrogens with zero attached hydrogens (tertiary/aromatic N) is 5. The maximum Gasteiger partial charge on any atom is 0.327 e. The van der Waals surface area contributed by atoms with E-state index in [0.29, 0.717) is 17.1 Å². The van der Waals surface area contributed by atoms with Crippen LogP contribution in [0.5, 0.6) is 5.75 Å². The van der Waals surface area contributed by atoms with E-state index in [9.17, 15) is 9.59 Å². The number of aromatic nitrogens is 2. The van der Waals surface area contributed by atoms with Crippen LogP contribution in [0.2, 0.25) is 5.02 Å². The van der Waals surface area contributed by atoms with E-state index in [1.165, 1.54) is 28.4 Å². The SMILES string of the molecule is CC(C)[C@H]1CN(c2ncc(OC#N)cn2)C(=O)N1CC(=O)c1cccc(Cl)c1. The fourth-order valence-electron chi connectivity index (χ4n) is 3.05. The predicted octanol–water partition coefficient (Wildman–Crippen LogP) is 3.14. The summed E-state index contributed by atoms with van der Waals surface area (Å²) in [6.45, 7) is 4.28. The number of amides is 2. The molecule has 9 heteroatoms. The number of Topliss-reactive ketones (excluding diaryl/α,β-unsaturated/α-hetero) is 1. The first-order valence-electron chi connectivity index (χ1n) is 8.65. The number of carbonyl (C=O) groups is 2. The van der Waals surface area contributed by atoms with Gasteiger partial charge in [-0.3, -0.25) is 9.69 Å². The highest BCUT2D eigenvalue weighted by atomic mass is 35.5. The van der Waals surface area contributed by atoms with Crippen LogP contribution in [0.15, 0.2) is 36.7 Å². The lowest BCUT2D eigenvalue weighted by Gasteiger charge is -2.25. The predicted molar refractivity (Wildman–Crippen MR) is 102 cm³/mol. The summed E-state index contributed by atoms with van der Waals surface area (Å²) in [6, 6.07) is 6.14. The molecule has 144 valence electrons. The van der Waals surface area contributed by atoms with Crippen molar-refractivity contribution in [2.24, 2.45) is 5.92 Å². The number of rotatable bonds is 6. The van der Waals surface area contributed by atoms with E-state index in [2.05, 4.69) is 14.7 Å². The summed E-state index contributed by atoms with van der Waals surface area (Å²) in [4.78, 5) is 36.8. The van der Waals surface area contributed by atoms with Crippen LogP contribution in [0.4, 0.5) is 10.7 Å². The molecular formula is C19H18ClN5O3. The molecule has 1 aromatic heterocycles. The van der Waals surface area contributed by atoms with Crippen molar-refractivity contribution in [1.29, 1.82) is 5.26 Å². The van der Waals surface area contributed by atoms with Crippen LogP contribution in [0.1, 0.15) is 24.2 Å². The normalized spacial score (nSPS) is 16.4. The third kappa shape index (κ3) is 4.05. The minimum absolute atomic E-state index is 0.0614. The number of benzene rings is 1. The average molecular weight is 400 g/mol. The Morgan fingerprint density at radius 3 is 2.71 bits per heavy atom. The molecule has 1 aliphatic rings. The largest absolute Gasteiger partial charge is 0.385 e. The van der Waals surface area contributed by atoms with Gasteiger partial charge >= 0.3 is 6.03 Å². The highest BCUT2D eigenvalue weighted by Crippen LogP contribution is 2.26. The highest BCUT2D eigenvalue weighted by molar-refractivity contribution is 6.31. The molecule has 8 nitrogen and oxygen atoms in total. The van der Waals surface area contributed by atoms with Gasteiger partial charge in [0.15, 0.2) is 11.5 Å². The zero-order valence-corrected chi connectivity index (χ0v) is 16.1. The maximum atomic E-state index is 13.0. The van der Waals surface area contributed by atoms with Crippen LogP contribution in [0, 0.1) is 17.4 Å². The van der Waals surface area contributed by atoms with E-state index >= 15 is 0 Å². The number of carbonyl (C=O) groups excluding carboxylic acids is 2. The van der Waals surface area contributed by atoms with Crippen molar-refractivity contribution in [1.82, 2.24) is 14.9 Å². The Morgan fingerprint density at radius 2 is 2.11 bits per heavy atom. The van der Waals surface area contributed by atoms with Crippen molar-refractivity contribution in [3.63, 3.8) is 0 Å². The summed E-state index contributed by atoms with van der Waals surface area (Å²) >= 11 is 5.96. The Bertz CT molecular complexity index is 926. The number of hydrogen-bond donors (Lipinski definition) is 0. The van der Waals surface area contributed by atoms with Gasteiger partial charge in [-0.25, -0.2) is 14.8 Å². The van der Waals surface area contributed by atoms with Gasteiger partial charge < -0.3 is 9.64 Å². The smallest absolute Gasteiger partial charge is 0.327 e. The van der Waals surface area contributed by atoms with Crippen molar-refractivity contribution >= 4 is 29.4 Å². The minimum Gasteiger partial charge on any atom is -0.385 e. The average Bonchev–Trinajstić information content (AvgIpc) is 2.99. The lowest BCUT2D eigenvalue weighted by atomic mass is 10.0. The van der Waals surface area contributed by atoms with Crippen molar-refractivity contribution in [3.05, 3.63) is 47.2 Å². The van der Waals surface area contributed by atoms with E-state index in [0.717, 1.165) is 0 Å². The molecule has 1 fully saturated rings. The van der Waals surface area contributed by atoms with Crippen LogP contribution < -0.4 is 9.64 Å². The second kappa shape index (κ2) is 8.23. The van der Waals surface area contributed by atoms with Crippen LogP contribution in [0.3, 0.4) is 0 Å². The quantitative estimate of drug-likeness (QED) is 0.546. The van der Waals surface area contributed by atoms with Gasteiger partial charge in [-0.05, 0) is 18.1 Å². The zero-order valence-electron chi connectivity index (χ0n) is 15.4. The first-order valence-corrected chi connectivity index (χ1v) is 9.03. The van der Waals surface area contributed by atoms with Gasteiger partial charge in [0, 0.05) is 10.6 Å². The van der Waals surface area contributed by atoms with Gasteiger partial charge in [0.1, 0.15) is 0 Å². The molecule has 2 amide bonds. The highest BCUT2D eigenvalue weighted by Gasteiger charge is 2.41. The van der Waals surface area contributed by atoms with Gasteiger partial charge in [-0.15, -0.1) is 5.26 Å². The Balaban J connectivity index is 1.81. The number of hydrogen-bond acceptors (Lipinski definition) is 6. The monoisotopic (exact) mass is 399 g/mol. The fourth-order valence-corrected chi connectivity index (χ4v) is 3.24. The first-order chi connectivity index (χ1) is 13.4. The van der Waals surface area contributed by atoms with Gasteiger partial charge in [-0.1, -0.05) is 37.6 Å². The lowest BCUT2D eigenvalue weighted by Crippen LogP contribution is -2.41. The van der Waals surface area contributed by atoms with E-state index in [1.54, 1.807) is 24.3 Å². The molecule has 2 heterocycles. The summed E-state index contributed by atoms with van der Waals surface area (Å²) in [5.74, 6) is 0.314. The maximum absolute atomic E-state index is 13.0. The number of anilines is 1. The molecular weight excluding hydrogens is 382 g/mol. The number of halogens is 1. The standard InChI is InChI=1S/C19H18ClN5O3/c1-12(2)16-9-25(18-22-7-15(8-23-18)28-11-21)19(27)24(16)10-17(26)13-4-3-5-14(20)6-13/h3-8,12,16H,9-10H2,1-2H3/t16-/m1/s1. The number of urea groups is 1.